The van der Waals surface area contributed by atoms with Crippen molar-refractivity contribution < 1.29 is 0 Å². The van der Waals surface area contributed by atoms with Gasteiger partial charge in [-0.05, 0) is 0 Å². The van der Waals surface area contributed by atoms with Crippen LogP contribution >= 0.6 is 0 Å². The minimum atomic E-state index is 0.373. The van der Waals surface area contributed by atoms with Crippen LogP contribution in [0.5, 0.6) is 0 Å². The van der Waals surface area contributed by atoms with Crippen LogP contribution in [0.4, 0.5) is 0 Å². The van der Waals surface area contributed by atoms with Gasteiger partial charge in [-0.1, -0.05) is 0 Å². The Balaban J connectivity index is 2.25. The van der Waals surface area contributed by atoms with Crippen molar-refractivity contribution in [1.29, 1.82) is 0 Å². The molecule has 0 bridgehead atoms. The quantitative estimate of drug-likeness (QED) is 0.758. The molecule has 1 aromatic heterocycles. The third kappa shape index (κ3) is 1.32. The molecule has 1 aromatic rings. The molecule has 1 N–H and O–H groups in total. The van der Waals surface area contributed by atoms with E-state index in [4.69, 9.17) is 0 Å². The van der Waals surface area contributed by atoms with Gasteiger partial charge in [-0.25, -0.2) is 0 Å². The van der Waals surface area contributed by atoms with Gasteiger partial charge in [0.25, 0.3) is 0 Å². The van der Waals surface area contributed by atoms with E-state index < -0.39 is 0 Å². The van der Waals surface area contributed by atoms with Crippen molar-refractivity contribution in [3.8, 4) is 0 Å². The molecule has 0 aromatic carbocycles. The van der Waals surface area contributed by atoms with Gasteiger partial charge in [0.05, 0.1) is 0 Å². The summed E-state index contributed by atoms with van der Waals surface area (Å²) in [6.45, 7) is 2.20. The fraction of sp³-hybridized carbons (Fsp3) is 0.500. The monoisotopic (exact) mass is 229 g/mol. The van der Waals surface area contributed by atoms with Crippen molar-refractivity contribution in [3.05, 3.63) is 17.7 Å². The standard InChI is InChI=1S/C8H11N3Se/c1-2-12-8-7-6(3-4-9-8)10-5-11-7/h4-5,8H,2-3H2,1H3,(H,10,11). The summed E-state index contributed by atoms with van der Waals surface area (Å²) in [7, 11) is 0. The van der Waals surface area contributed by atoms with Crippen LogP contribution in [0.15, 0.2) is 11.3 Å². The van der Waals surface area contributed by atoms with Gasteiger partial charge in [-0.2, -0.15) is 0 Å². The Bertz CT molecular complexity index is 292. The topological polar surface area (TPSA) is 41.0 Å². The Hall–Kier alpha value is -0.601. The molecule has 3 nitrogen and oxygen atoms in total. The number of nitrogens with zero attached hydrogens (tertiary/aromatic N) is 2. The molecular weight excluding hydrogens is 217 g/mol. The molecule has 1 aliphatic heterocycles. The molecule has 64 valence electrons. The van der Waals surface area contributed by atoms with Crippen molar-refractivity contribution in [2.45, 2.75) is 23.6 Å². The van der Waals surface area contributed by atoms with Crippen LogP contribution in [0.2, 0.25) is 5.32 Å². The first-order valence-electron chi connectivity index (χ1n) is 4.07. The number of imidazole rings is 1. The van der Waals surface area contributed by atoms with Crippen molar-refractivity contribution in [1.82, 2.24) is 9.97 Å². The number of aromatic nitrogens is 2. The first-order chi connectivity index (χ1) is 5.92. The Morgan fingerprint density at radius 3 is 3.50 bits per heavy atom. The molecule has 0 fully saturated rings. The van der Waals surface area contributed by atoms with E-state index in [0.717, 1.165) is 6.42 Å². The second kappa shape index (κ2) is 3.42. The summed E-state index contributed by atoms with van der Waals surface area (Å²) in [5.41, 5.74) is 2.43. The number of H-pyrrole nitrogens is 1. The normalized spacial score (nSPS) is 20.9. The number of hydrogen-bond acceptors (Lipinski definition) is 2. The van der Waals surface area contributed by atoms with Crippen LogP contribution in [-0.4, -0.2) is 31.1 Å². The van der Waals surface area contributed by atoms with Gasteiger partial charge >= 0.3 is 77.5 Å². The van der Waals surface area contributed by atoms with E-state index in [2.05, 4.69) is 21.9 Å². The molecule has 1 atom stereocenters. The fourth-order valence-electron chi connectivity index (χ4n) is 1.30. The third-order valence-electron chi connectivity index (χ3n) is 1.85. The molecule has 1 aliphatic rings. The zero-order valence-electron chi connectivity index (χ0n) is 6.95. The summed E-state index contributed by atoms with van der Waals surface area (Å²) in [5.74, 6) is 0. The average molecular weight is 228 g/mol. The van der Waals surface area contributed by atoms with Gasteiger partial charge < -0.3 is 0 Å². The molecule has 2 rings (SSSR count). The molecule has 0 saturated heterocycles. The second-order valence-electron chi connectivity index (χ2n) is 2.61. The van der Waals surface area contributed by atoms with E-state index in [0.29, 0.717) is 19.9 Å². The summed E-state index contributed by atoms with van der Waals surface area (Å²) < 4.78 is 0. The Kier molecular flexibility index (Phi) is 2.28. The third-order valence-corrected chi connectivity index (χ3v) is 3.93. The van der Waals surface area contributed by atoms with E-state index in [1.807, 2.05) is 6.21 Å². The van der Waals surface area contributed by atoms with Crippen molar-refractivity contribution in [2.75, 3.05) is 0 Å². The van der Waals surface area contributed by atoms with E-state index in [9.17, 15) is 0 Å². The molecular formula is C8H11N3Se. The molecule has 0 amide bonds. The van der Waals surface area contributed by atoms with Crippen molar-refractivity contribution in [2.24, 2.45) is 4.99 Å². The summed E-state index contributed by atoms with van der Waals surface area (Å²) >= 11 is 0.570. The van der Waals surface area contributed by atoms with Gasteiger partial charge in [0.1, 0.15) is 0 Å². The van der Waals surface area contributed by atoms with Crippen LogP contribution < -0.4 is 0 Å². The molecule has 0 spiro atoms. The first-order valence-corrected chi connectivity index (χ1v) is 6.27. The van der Waals surface area contributed by atoms with E-state index in [1.165, 1.54) is 16.7 Å². The number of hydrogen-bond donors (Lipinski definition) is 1. The molecule has 0 aliphatic carbocycles. The number of aromatic amines is 1. The zero-order chi connectivity index (χ0) is 8.39. The Morgan fingerprint density at radius 2 is 2.67 bits per heavy atom. The molecule has 0 saturated carbocycles. The Labute approximate surface area is 77.9 Å². The van der Waals surface area contributed by atoms with Gasteiger partial charge in [0.2, 0.25) is 0 Å². The molecule has 0 radical (unpaired) electrons. The molecule has 2 heterocycles. The maximum absolute atomic E-state index is 4.45. The van der Waals surface area contributed by atoms with Gasteiger partial charge in [0.15, 0.2) is 0 Å². The van der Waals surface area contributed by atoms with Gasteiger partial charge in [0, 0.05) is 0 Å². The SMILES string of the molecule is CC[Se]C1N=CCc2[nH]cnc21. The average Bonchev–Trinajstić information content (AvgIpc) is 2.53. The molecule has 4 heteroatoms. The van der Waals surface area contributed by atoms with Crippen LogP contribution in [-0.2, 0) is 6.42 Å². The number of nitrogens with one attached hydrogen (secondary N) is 1. The molecule has 1 unspecified atom stereocenters. The number of rotatable bonds is 2. The summed E-state index contributed by atoms with van der Waals surface area (Å²) in [5, 5.41) is 1.22. The maximum atomic E-state index is 4.45. The predicted octanol–water partition coefficient (Wildman–Crippen LogP) is 1.18. The summed E-state index contributed by atoms with van der Waals surface area (Å²) in [6.07, 6.45) is 4.70. The molecule has 12 heavy (non-hydrogen) atoms. The predicted molar refractivity (Wildman–Crippen MR) is 49.8 cm³/mol. The van der Waals surface area contributed by atoms with Gasteiger partial charge in [-0.15, -0.1) is 0 Å². The first kappa shape index (κ1) is 8.02. The van der Waals surface area contributed by atoms with Crippen molar-refractivity contribution >= 4 is 21.2 Å². The van der Waals surface area contributed by atoms with Crippen LogP contribution in [0.25, 0.3) is 0 Å². The van der Waals surface area contributed by atoms with Crippen molar-refractivity contribution in [3.63, 3.8) is 0 Å². The summed E-state index contributed by atoms with van der Waals surface area (Å²) in [4.78, 5) is 12.3. The minimum absolute atomic E-state index is 0.373. The summed E-state index contributed by atoms with van der Waals surface area (Å²) in [6, 6.07) is 0. The van der Waals surface area contributed by atoms with E-state index in [1.54, 1.807) is 6.33 Å². The number of fused-ring (bicyclic) bond motifs is 1. The van der Waals surface area contributed by atoms with Gasteiger partial charge in [-0.3, -0.25) is 0 Å². The van der Waals surface area contributed by atoms with E-state index in [-0.39, 0.29) is 0 Å². The van der Waals surface area contributed by atoms with E-state index >= 15 is 0 Å². The van der Waals surface area contributed by atoms with Crippen LogP contribution in [0.3, 0.4) is 0 Å². The van der Waals surface area contributed by atoms with Crippen LogP contribution in [0, 0.1) is 0 Å². The Morgan fingerprint density at radius 1 is 1.75 bits per heavy atom. The second-order valence-corrected chi connectivity index (χ2v) is 5.46. The zero-order valence-corrected chi connectivity index (χ0v) is 8.66. The van der Waals surface area contributed by atoms with Crippen LogP contribution in [0.1, 0.15) is 23.3 Å². The fourth-order valence-corrected chi connectivity index (χ4v) is 3.08. The number of aliphatic imine (C=N–C) groups is 1.